The van der Waals surface area contributed by atoms with Gasteiger partial charge in [0.25, 0.3) is 0 Å². The van der Waals surface area contributed by atoms with E-state index in [-0.39, 0.29) is 18.7 Å². The average Bonchev–Trinajstić information content (AvgIpc) is 3.02. The van der Waals surface area contributed by atoms with Gasteiger partial charge in [-0.2, -0.15) is 0 Å². The lowest BCUT2D eigenvalue weighted by molar-refractivity contribution is -0.182. The zero-order valence-corrected chi connectivity index (χ0v) is 11.5. The van der Waals surface area contributed by atoms with E-state index in [1.807, 2.05) is 6.08 Å². The zero-order chi connectivity index (χ0) is 13.1. The SMILES string of the molecule is C=CC1O[C@H]2OCC[C@H]2[C@H]1CCCC1OCCCO1. The van der Waals surface area contributed by atoms with Gasteiger partial charge in [0, 0.05) is 5.92 Å². The summed E-state index contributed by atoms with van der Waals surface area (Å²) in [5.74, 6) is 1.10. The van der Waals surface area contributed by atoms with E-state index >= 15 is 0 Å². The van der Waals surface area contributed by atoms with Gasteiger partial charge < -0.3 is 18.9 Å². The summed E-state index contributed by atoms with van der Waals surface area (Å²) >= 11 is 0. The van der Waals surface area contributed by atoms with Gasteiger partial charge in [-0.25, -0.2) is 0 Å². The lowest BCUT2D eigenvalue weighted by atomic mass is 9.84. The van der Waals surface area contributed by atoms with Gasteiger partial charge >= 0.3 is 0 Å². The maximum Gasteiger partial charge on any atom is 0.161 e. The van der Waals surface area contributed by atoms with Gasteiger partial charge in [-0.1, -0.05) is 6.08 Å². The van der Waals surface area contributed by atoms with Gasteiger partial charge in [0.15, 0.2) is 12.6 Å². The first-order valence-corrected chi connectivity index (χ1v) is 7.51. The minimum atomic E-state index is 0.00822. The second-order valence-electron chi connectivity index (χ2n) is 5.65. The molecule has 19 heavy (non-hydrogen) atoms. The predicted molar refractivity (Wildman–Crippen MR) is 70.6 cm³/mol. The van der Waals surface area contributed by atoms with Crippen LogP contribution in [-0.4, -0.2) is 38.5 Å². The van der Waals surface area contributed by atoms with Gasteiger partial charge in [-0.3, -0.25) is 0 Å². The van der Waals surface area contributed by atoms with Gasteiger partial charge in [-0.15, -0.1) is 6.58 Å². The number of ether oxygens (including phenoxy) is 4. The van der Waals surface area contributed by atoms with Crippen LogP contribution in [0, 0.1) is 11.8 Å². The van der Waals surface area contributed by atoms with Crippen LogP contribution < -0.4 is 0 Å². The van der Waals surface area contributed by atoms with Gasteiger partial charge in [0.1, 0.15) is 0 Å². The Labute approximate surface area is 115 Å². The number of fused-ring (bicyclic) bond motifs is 1. The Bertz CT molecular complexity index is 301. The van der Waals surface area contributed by atoms with E-state index < -0.39 is 0 Å². The molecule has 4 atom stereocenters. The van der Waals surface area contributed by atoms with E-state index in [0.29, 0.717) is 11.8 Å². The van der Waals surface area contributed by atoms with Crippen molar-refractivity contribution < 1.29 is 18.9 Å². The van der Waals surface area contributed by atoms with Crippen LogP contribution in [0.5, 0.6) is 0 Å². The summed E-state index contributed by atoms with van der Waals surface area (Å²) in [4.78, 5) is 0. The molecule has 3 saturated heterocycles. The van der Waals surface area contributed by atoms with Gasteiger partial charge in [0.2, 0.25) is 0 Å². The van der Waals surface area contributed by atoms with Crippen LogP contribution in [0.3, 0.4) is 0 Å². The maximum atomic E-state index is 5.89. The van der Waals surface area contributed by atoms with Crippen molar-refractivity contribution in [2.24, 2.45) is 11.8 Å². The van der Waals surface area contributed by atoms with Gasteiger partial charge in [-0.05, 0) is 38.0 Å². The molecule has 0 bridgehead atoms. The van der Waals surface area contributed by atoms with Crippen LogP contribution in [0.4, 0.5) is 0 Å². The molecular weight excluding hydrogens is 244 g/mol. The lowest BCUT2D eigenvalue weighted by Gasteiger charge is -2.24. The van der Waals surface area contributed by atoms with Crippen molar-refractivity contribution in [3.8, 4) is 0 Å². The Morgan fingerprint density at radius 1 is 1.05 bits per heavy atom. The third kappa shape index (κ3) is 3.02. The lowest BCUT2D eigenvalue weighted by Crippen LogP contribution is -2.25. The third-order valence-electron chi connectivity index (χ3n) is 4.45. The smallest absolute Gasteiger partial charge is 0.161 e. The molecule has 0 aromatic heterocycles. The normalized spacial score (nSPS) is 39.4. The van der Waals surface area contributed by atoms with E-state index in [4.69, 9.17) is 18.9 Å². The fourth-order valence-corrected chi connectivity index (χ4v) is 3.47. The van der Waals surface area contributed by atoms with Crippen LogP contribution in [0.15, 0.2) is 12.7 Å². The Balaban J connectivity index is 1.46. The molecule has 4 nitrogen and oxygen atoms in total. The molecule has 0 N–H and O–H groups in total. The highest BCUT2D eigenvalue weighted by atomic mass is 16.7. The minimum absolute atomic E-state index is 0.00822. The molecule has 3 heterocycles. The quantitative estimate of drug-likeness (QED) is 0.718. The molecule has 3 aliphatic rings. The molecule has 0 spiro atoms. The molecule has 4 heteroatoms. The second kappa shape index (κ2) is 6.35. The van der Waals surface area contributed by atoms with E-state index in [0.717, 1.165) is 51.9 Å². The van der Waals surface area contributed by atoms with Crippen molar-refractivity contribution in [2.45, 2.75) is 50.8 Å². The summed E-state index contributed by atoms with van der Waals surface area (Å²) in [6, 6.07) is 0. The second-order valence-corrected chi connectivity index (χ2v) is 5.65. The molecule has 0 saturated carbocycles. The Kier molecular flexibility index (Phi) is 4.53. The van der Waals surface area contributed by atoms with Crippen LogP contribution in [0.2, 0.25) is 0 Å². The highest BCUT2D eigenvalue weighted by molar-refractivity contribution is 4.97. The highest BCUT2D eigenvalue weighted by Gasteiger charge is 2.46. The molecule has 3 fully saturated rings. The summed E-state index contributed by atoms with van der Waals surface area (Å²) in [6.45, 7) is 6.40. The number of hydrogen-bond donors (Lipinski definition) is 0. The third-order valence-corrected chi connectivity index (χ3v) is 4.45. The monoisotopic (exact) mass is 268 g/mol. The molecule has 108 valence electrons. The van der Waals surface area contributed by atoms with Crippen molar-refractivity contribution in [3.63, 3.8) is 0 Å². The average molecular weight is 268 g/mol. The molecular formula is C15H24O4. The van der Waals surface area contributed by atoms with Crippen LogP contribution in [-0.2, 0) is 18.9 Å². The molecule has 0 radical (unpaired) electrons. The molecule has 3 rings (SSSR count). The largest absolute Gasteiger partial charge is 0.353 e. The molecule has 0 amide bonds. The molecule has 1 unspecified atom stereocenters. The predicted octanol–water partition coefficient (Wildman–Crippen LogP) is 2.48. The molecule has 0 aliphatic carbocycles. The highest BCUT2D eigenvalue weighted by Crippen LogP contribution is 2.42. The van der Waals surface area contributed by atoms with Crippen molar-refractivity contribution in [2.75, 3.05) is 19.8 Å². The molecule has 0 aromatic carbocycles. The molecule has 0 aromatic rings. The first-order chi connectivity index (χ1) is 9.38. The van der Waals surface area contributed by atoms with Crippen molar-refractivity contribution in [3.05, 3.63) is 12.7 Å². The number of hydrogen-bond acceptors (Lipinski definition) is 4. The number of rotatable bonds is 5. The van der Waals surface area contributed by atoms with Crippen molar-refractivity contribution in [1.82, 2.24) is 0 Å². The Morgan fingerprint density at radius 3 is 2.68 bits per heavy atom. The maximum absolute atomic E-state index is 5.89. The fourth-order valence-electron chi connectivity index (χ4n) is 3.47. The summed E-state index contributed by atoms with van der Waals surface area (Å²) in [5.41, 5.74) is 0. The minimum Gasteiger partial charge on any atom is -0.353 e. The first-order valence-electron chi connectivity index (χ1n) is 7.51. The topological polar surface area (TPSA) is 36.9 Å². The fraction of sp³-hybridized carbons (Fsp3) is 0.867. The van der Waals surface area contributed by atoms with Crippen LogP contribution >= 0.6 is 0 Å². The summed E-state index contributed by atoms with van der Waals surface area (Å²) in [5, 5.41) is 0. The standard InChI is InChI=1S/C15H24O4/c1-2-13-11(12-7-10-18-15(12)19-13)5-3-6-14-16-8-4-9-17-14/h2,11-15H,1,3-10H2/t11-,12+,13?,15-/m1/s1. The van der Waals surface area contributed by atoms with Crippen LogP contribution in [0.25, 0.3) is 0 Å². The first kappa shape index (κ1) is 13.6. The van der Waals surface area contributed by atoms with Gasteiger partial charge in [0.05, 0.1) is 25.9 Å². The summed E-state index contributed by atoms with van der Waals surface area (Å²) < 4.78 is 22.7. The summed E-state index contributed by atoms with van der Waals surface area (Å²) in [6.07, 6.45) is 7.49. The van der Waals surface area contributed by atoms with Crippen LogP contribution in [0.1, 0.15) is 32.1 Å². The van der Waals surface area contributed by atoms with E-state index in [1.54, 1.807) is 0 Å². The van der Waals surface area contributed by atoms with Crippen molar-refractivity contribution in [1.29, 1.82) is 0 Å². The Hall–Kier alpha value is -0.420. The Morgan fingerprint density at radius 2 is 1.89 bits per heavy atom. The van der Waals surface area contributed by atoms with E-state index in [9.17, 15) is 0 Å². The van der Waals surface area contributed by atoms with Crippen molar-refractivity contribution >= 4 is 0 Å². The molecule has 3 aliphatic heterocycles. The summed E-state index contributed by atoms with van der Waals surface area (Å²) in [7, 11) is 0. The van der Waals surface area contributed by atoms with E-state index in [1.165, 1.54) is 0 Å². The van der Waals surface area contributed by atoms with E-state index in [2.05, 4.69) is 6.58 Å². The zero-order valence-electron chi connectivity index (χ0n) is 11.5.